The average molecular weight is 362 g/mol. The number of aromatic amines is 1. The predicted molar refractivity (Wildman–Crippen MR) is 109 cm³/mol. The standard InChI is InChI=1S/C22H22N2OS/c25-21(16-7-2-1-3-8-16)15-23-13-19(22-11-6-12-26-22)18-14-24-20-10-5-4-9-17(18)20/h1-12,14,19,21,23-25H,13,15H2. The van der Waals surface area contributed by atoms with Crippen molar-refractivity contribution < 1.29 is 5.11 Å². The van der Waals surface area contributed by atoms with Crippen molar-refractivity contribution in [2.45, 2.75) is 12.0 Å². The van der Waals surface area contributed by atoms with Gasteiger partial charge in [-0.15, -0.1) is 11.3 Å². The lowest BCUT2D eigenvalue weighted by Crippen LogP contribution is -2.26. The van der Waals surface area contributed by atoms with Crippen molar-refractivity contribution in [1.29, 1.82) is 0 Å². The minimum Gasteiger partial charge on any atom is -0.387 e. The Morgan fingerprint density at radius 3 is 2.54 bits per heavy atom. The number of benzene rings is 2. The van der Waals surface area contributed by atoms with Gasteiger partial charge >= 0.3 is 0 Å². The van der Waals surface area contributed by atoms with Gasteiger partial charge in [-0.05, 0) is 28.6 Å². The highest BCUT2D eigenvalue weighted by atomic mass is 32.1. The third kappa shape index (κ3) is 3.58. The summed E-state index contributed by atoms with van der Waals surface area (Å²) in [6, 6.07) is 22.5. The number of aliphatic hydroxyl groups excluding tert-OH is 1. The summed E-state index contributed by atoms with van der Waals surface area (Å²) in [5.74, 6) is 0.258. The Morgan fingerprint density at radius 1 is 0.923 bits per heavy atom. The maximum atomic E-state index is 10.4. The van der Waals surface area contributed by atoms with E-state index in [4.69, 9.17) is 0 Å². The number of aliphatic hydroxyl groups is 1. The first-order chi connectivity index (χ1) is 12.8. The molecule has 0 aliphatic rings. The van der Waals surface area contributed by atoms with Gasteiger partial charge in [-0.2, -0.15) is 0 Å². The van der Waals surface area contributed by atoms with Gasteiger partial charge in [-0.3, -0.25) is 0 Å². The molecule has 2 atom stereocenters. The molecule has 0 saturated carbocycles. The van der Waals surface area contributed by atoms with Crippen LogP contribution in [0.15, 0.2) is 78.3 Å². The Kier molecular flexibility index (Phi) is 5.16. The van der Waals surface area contributed by atoms with Gasteiger partial charge < -0.3 is 15.4 Å². The highest BCUT2D eigenvalue weighted by Crippen LogP contribution is 2.32. The van der Waals surface area contributed by atoms with Crippen molar-refractivity contribution in [3.63, 3.8) is 0 Å². The Morgan fingerprint density at radius 2 is 1.73 bits per heavy atom. The Bertz CT molecular complexity index is 947. The van der Waals surface area contributed by atoms with Crippen molar-refractivity contribution in [1.82, 2.24) is 10.3 Å². The second-order valence-electron chi connectivity index (χ2n) is 6.44. The minimum absolute atomic E-state index is 0.258. The lowest BCUT2D eigenvalue weighted by atomic mass is 9.96. The van der Waals surface area contributed by atoms with E-state index < -0.39 is 6.10 Å². The highest BCUT2D eigenvalue weighted by molar-refractivity contribution is 7.10. The predicted octanol–water partition coefficient (Wildman–Crippen LogP) is 4.68. The van der Waals surface area contributed by atoms with E-state index in [1.807, 2.05) is 30.3 Å². The summed E-state index contributed by atoms with van der Waals surface area (Å²) in [6.45, 7) is 1.32. The van der Waals surface area contributed by atoms with Crippen LogP contribution in [0.4, 0.5) is 0 Å². The summed E-state index contributed by atoms with van der Waals surface area (Å²) in [5.41, 5.74) is 3.40. The molecule has 4 rings (SSSR count). The SMILES string of the molecule is OC(CNCC(c1cccs1)c1c[nH]c2ccccc12)c1ccccc1. The zero-order valence-electron chi connectivity index (χ0n) is 14.4. The van der Waals surface area contributed by atoms with Gasteiger partial charge in [0.1, 0.15) is 0 Å². The van der Waals surface area contributed by atoms with E-state index in [0.29, 0.717) is 6.54 Å². The molecule has 0 fully saturated rings. The quantitative estimate of drug-likeness (QED) is 0.447. The maximum absolute atomic E-state index is 10.4. The second-order valence-corrected chi connectivity index (χ2v) is 7.42. The smallest absolute Gasteiger partial charge is 0.0914 e. The van der Waals surface area contributed by atoms with Gasteiger partial charge in [0, 0.05) is 41.0 Å². The summed E-state index contributed by atoms with van der Waals surface area (Å²) < 4.78 is 0. The Balaban J connectivity index is 1.52. The van der Waals surface area contributed by atoms with Crippen LogP contribution >= 0.6 is 11.3 Å². The fraction of sp³-hybridized carbons (Fsp3) is 0.182. The number of hydrogen-bond acceptors (Lipinski definition) is 3. The molecule has 2 aromatic heterocycles. The lowest BCUT2D eigenvalue weighted by molar-refractivity contribution is 0.174. The molecular formula is C22H22N2OS. The summed E-state index contributed by atoms with van der Waals surface area (Å²) in [6.07, 6.45) is 1.62. The molecule has 2 unspecified atom stereocenters. The Hall–Kier alpha value is -2.40. The van der Waals surface area contributed by atoms with Crippen molar-refractivity contribution in [3.8, 4) is 0 Å². The molecule has 3 nitrogen and oxygen atoms in total. The average Bonchev–Trinajstić information content (AvgIpc) is 3.36. The molecule has 2 heterocycles. The topological polar surface area (TPSA) is 48.0 Å². The van der Waals surface area contributed by atoms with E-state index in [0.717, 1.165) is 17.6 Å². The molecule has 4 heteroatoms. The number of para-hydroxylation sites is 1. The molecule has 4 aromatic rings. The third-order valence-corrected chi connectivity index (χ3v) is 5.74. The van der Waals surface area contributed by atoms with Crippen LogP contribution in [-0.4, -0.2) is 23.2 Å². The first-order valence-corrected chi connectivity index (χ1v) is 9.74. The number of hydrogen-bond donors (Lipinski definition) is 3. The molecule has 0 radical (unpaired) electrons. The first kappa shape index (κ1) is 17.0. The zero-order chi connectivity index (χ0) is 17.8. The fourth-order valence-corrected chi connectivity index (χ4v) is 4.24. The minimum atomic E-state index is -0.497. The summed E-state index contributed by atoms with van der Waals surface area (Å²) in [4.78, 5) is 4.71. The molecular weight excluding hydrogens is 340 g/mol. The van der Waals surface area contributed by atoms with Gasteiger partial charge in [0.25, 0.3) is 0 Å². The highest BCUT2D eigenvalue weighted by Gasteiger charge is 2.19. The van der Waals surface area contributed by atoms with Gasteiger partial charge in [-0.1, -0.05) is 54.6 Å². The normalized spacial score (nSPS) is 13.7. The lowest BCUT2D eigenvalue weighted by Gasteiger charge is -2.18. The zero-order valence-corrected chi connectivity index (χ0v) is 15.2. The summed E-state index contributed by atoms with van der Waals surface area (Å²) >= 11 is 1.78. The Labute approximate surface area is 157 Å². The maximum Gasteiger partial charge on any atom is 0.0914 e. The third-order valence-electron chi connectivity index (χ3n) is 4.75. The van der Waals surface area contributed by atoms with Gasteiger partial charge in [0.05, 0.1) is 6.10 Å². The number of H-pyrrole nitrogens is 1. The number of rotatable bonds is 7. The van der Waals surface area contributed by atoms with Gasteiger partial charge in [0.15, 0.2) is 0 Å². The first-order valence-electron chi connectivity index (χ1n) is 8.86. The summed E-state index contributed by atoms with van der Waals surface area (Å²) in [7, 11) is 0. The number of aromatic nitrogens is 1. The molecule has 26 heavy (non-hydrogen) atoms. The largest absolute Gasteiger partial charge is 0.387 e. The van der Waals surface area contributed by atoms with E-state index in [-0.39, 0.29) is 5.92 Å². The summed E-state index contributed by atoms with van der Waals surface area (Å²) in [5, 5.41) is 17.2. The van der Waals surface area contributed by atoms with Crippen molar-refractivity contribution in [3.05, 3.63) is 94.3 Å². The van der Waals surface area contributed by atoms with Crippen LogP contribution in [0, 0.1) is 0 Å². The molecule has 0 spiro atoms. The van der Waals surface area contributed by atoms with Crippen LogP contribution in [0.1, 0.15) is 28.0 Å². The van der Waals surface area contributed by atoms with Gasteiger partial charge in [0.2, 0.25) is 0 Å². The van der Waals surface area contributed by atoms with Crippen LogP contribution in [0.3, 0.4) is 0 Å². The van der Waals surface area contributed by atoms with Crippen LogP contribution in [-0.2, 0) is 0 Å². The van der Waals surface area contributed by atoms with Crippen molar-refractivity contribution in [2.24, 2.45) is 0 Å². The van der Waals surface area contributed by atoms with E-state index in [1.54, 1.807) is 11.3 Å². The van der Waals surface area contributed by atoms with Crippen molar-refractivity contribution in [2.75, 3.05) is 13.1 Å². The van der Waals surface area contributed by atoms with Crippen LogP contribution in [0.5, 0.6) is 0 Å². The van der Waals surface area contributed by atoms with Crippen LogP contribution < -0.4 is 5.32 Å². The molecule has 0 aliphatic heterocycles. The van der Waals surface area contributed by atoms with E-state index in [9.17, 15) is 5.11 Å². The molecule has 0 bridgehead atoms. The molecule has 2 aromatic carbocycles. The number of thiophene rings is 1. The van der Waals surface area contributed by atoms with E-state index in [2.05, 4.69) is 58.3 Å². The number of nitrogens with one attached hydrogen (secondary N) is 2. The van der Waals surface area contributed by atoms with E-state index in [1.165, 1.54) is 15.8 Å². The molecule has 0 amide bonds. The fourth-order valence-electron chi connectivity index (χ4n) is 3.39. The van der Waals surface area contributed by atoms with Gasteiger partial charge in [-0.25, -0.2) is 0 Å². The monoisotopic (exact) mass is 362 g/mol. The second kappa shape index (κ2) is 7.87. The molecule has 132 valence electrons. The molecule has 3 N–H and O–H groups in total. The molecule has 0 saturated heterocycles. The van der Waals surface area contributed by atoms with E-state index >= 15 is 0 Å². The van der Waals surface area contributed by atoms with Crippen molar-refractivity contribution >= 4 is 22.2 Å². The molecule has 0 aliphatic carbocycles. The van der Waals surface area contributed by atoms with Crippen LogP contribution in [0.2, 0.25) is 0 Å². The number of fused-ring (bicyclic) bond motifs is 1. The van der Waals surface area contributed by atoms with Crippen LogP contribution in [0.25, 0.3) is 10.9 Å².